The van der Waals surface area contributed by atoms with Gasteiger partial charge in [-0.25, -0.2) is 4.79 Å². The summed E-state index contributed by atoms with van der Waals surface area (Å²) in [5.74, 6) is -0.127. The van der Waals surface area contributed by atoms with Crippen molar-refractivity contribution in [3.8, 4) is 0 Å². The zero-order chi connectivity index (χ0) is 13.8. The molecule has 2 aromatic rings. The molecular weight excluding hydrogens is 268 g/mol. The molecule has 0 aliphatic rings. The topological polar surface area (TPSA) is 80.0 Å². The average molecular weight is 281 g/mol. The van der Waals surface area contributed by atoms with Crippen molar-refractivity contribution in [2.45, 2.75) is 6.42 Å². The monoisotopic (exact) mass is 280 g/mol. The summed E-state index contributed by atoms with van der Waals surface area (Å²) in [6.45, 7) is 0.638. The fourth-order valence-corrected chi connectivity index (χ4v) is 1.88. The molecule has 0 fully saturated rings. The molecule has 1 aromatic carbocycles. The van der Waals surface area contributed by atoms with E-state index < -0.39 is 5.97 Å². The van der Waals surface area contributed by atoms with Gasteiger partial charge < -0.3 is 15.0 Å². The van der Waals surface area contributed by atoms with Crippen molar-refractivity contribution < 1.29 is 9.90 Å². The van der Waals surface area contributed by atoms with E-state index in [0.29, 0.717) is 23.7 Å². The number of rotatable bonds is 5. The predicted molar refractivity (Wildman–Crippen MR) is 71.6 cm³/mol. The maximum absolute atomic E-state index is 10.8. The smallest absolute Gasteiger partial charge is 0.335 e. The van der Waals surface area contributed by atoms with Gasteiger partial charge in [0.15, 0.2) is 0 Å². The fourth-order valence-electron chi connectivity index (χ4n) is 1.63. The molecule has 0 bridgehead atoms. The molecule has 0 spiro atoms. The van der Waals surface area contributed by atoms with E-state index >= 15 is 0 Å². The van der Waals surface area contributed by atoms with Crippen molar-refractivity contribution in [1.29, 1.82) is 0 Å². The summed E-state index contributed by atoms with van der Waals surface area (Å²) in [6.07, 6.45) is 2.34. The molecule has 2 rings (SSSR count). The van der Waals surface area contributed by atoms with Gasteiger partial charge in [0.25, 0.3) is 0 Å². The maximum atomic E-state index is 10.8. The number of halogens is 1. The molecule has 100 valence electrons. The van der Waals surface area contributed by atoms with Crippen molar-refractivity contribution in [2.24, 2.45) is 7.05 Å². The lowest BCUT2D eigenvalue weighted by Crippen LogP contribution is -2.09. The Kier molecular flexibility index (Phi) is 4.01. The average Bonchev–Trinajstić information content (AvgIpc) is 2.77. The summed E-state index contributed by atoms with van der Waals surface area (Å²) in [5, 5.41) is 20.1. The lowest BCUT2D eigenvalue weighted by atomic mass is 10.2. The van der Waals surface area contributed by atoms with Gasteiger partial charge in [-0.1, -0.05) is 11.6 Å². The number of carboxylic acid groups (broad SMARTS) is 1. The minimum Gasteiger partial charge on any atom is -0.478 e. The molecule has 19 heavy (non-hydrogen) atoms. The quantitative estimate of drug-likeness (QED) is 0.873. The van der Waals surface area contributed by atoms with E-state index in [1.807, 2.05) is 11.6 Å². The van der Waals surface area contributed by atoms with Gasteiger partial charge in [-0.2, -0.15) is 0 Å². The van der Waals surface area contributed by atoms with Crippen LogP contribution in [0.2, 0.25) is 5.02 Å². The van der Waals surface area contributed by atoms with E-state index in [9.17, 15) is 4.79 Å². The van der Waals surface area contributed by atoms with Gasteiger partial charge in [0, 0.05) is 20.0 Å². The molecule has 0 aliphatic heterocycles. The third-order valence-electron chi connectivity index (χ3n) is 2.69. The second-order valence-corrected chi connectivity index (χ2v) is 4.44. The third kappa shape index (κ3) is 3.23. The number of hydrogen-bond donors (Lipinski definition) is 2. The molecule has 1 heterocycles. The number of nitrogens with zero attached hydrogens (tertiary/aromatic N) is 3. The number of carboxylic acids is 1. The SMILES string of the molecule is Cn1cnnc1CCNc1ccc(C(=O)O)cc1Cl. The highest BCUT2D eigenvalue weighted by Gasteiger charge is 2.07. The molecule has 0 saturated carbocycles. The first kappa shape index (κ1) is 13.4. The van der Waals surface area contributed by atoms with Gasteiger partial charge in [-0.05, 0) is 18.2 Å². The molecule has 0 amide bonds. The number of nitrogens with one attached hydrogen (secondary N) is 1. The summed E-state index contributed by atoms with van der Waals surface area (Å²) >= 11 is 6.01. The second kappa shape index (κ2) is 5.71. The van der Waals surface area contributed by atoms with Crippen LogP contribution in [-0.2, 0) is 13.5 Å². The number of anilines is 1. The van der Waals surface area contributed by atoms with Crippen LogP contribution in [0, 0.1) is 0 Å². The summed E-state index contributed by atoms with van der Waals surface area (Å²) in [4.78, 5) is 10.8. The summed E-state index contributed by atoms with van der Waals surface area (Å²) in [5.41, 5.74) is 0.873. The van der Waals surface area contributed by atoms with E-state index in [4.69, 9.17) is 16.7 Å². The van der Waals surface area contributed by atoms with Crippen molar-refractivity contribution >= 4 is 23.3 Å². The van der Waals surface area contributed by atoms with Gasteiger partial charge in [-0.15, -0.1) is 10.2 Å². The molecule has 1 aromatic heterocycles. The molecule has 0 saturated heterocycles. The normalized spacial score (nSPS) is 10.4. The minimum atomic E-state index is -0.993. The van der Waals surface area contributed by atoms with Crippen LogP contribution in [0.3, 0.4) is 0 Å². The maximum Gasteiger partial charge on any atom is 0.335 e. The van der Waals surface area contributed by atoms with E-state index in [-0.39, 0.29) is 5.56 Å². The predicted octanol–water partition coefficient (Wildman–Crippen LogP) is 1.82. The standard InChI is InChI=1S/C12H13ClN4O2/c1-17-7-15-16-11(17)4-5-14-10-3-2-8(12(18)19)6-9(10)13/h2-3,6-7,14H,4-5H2,1H3,(H,18,19). The minimum absolute atomic E-state index is 0.170. The van der Waals surface area contributed by atoms with Crippen LogP contribution >= 0.6 is 11.6 Å². The Morgan fingerprint density at radius 1 is 1.53 bits per heavy atom. The summed E-state index contributed by atoms with van der Waals surface area (Å²) in [7, 11) is 1.88. The number of aryl methyl sites for hydroxylation is 1. The first-order chi connectivity index (χ1) is 9.08. The van der Waals surface area contributed by atoms with Crippen LogP contribution in [0.15, 0.2) is 24.5 Å². The highest BCUT2D eigenvalue weighted by atomic mass is 35.5. The lowest BCUT2D eigenvalue weighted by Gasteiger charge is -2.08. The molecule has 7 heteroatoms. The number of benzene rings is 1. The molecule has 0 atom stereocenters. The molecule has 0 aliphatic carbocycles. The van der Waals surface area contributed by atoms with E-state index in [0.717, 1.165) is 5.82 Å². The molecule has 0 radical (unpaired) electrons. The first-order valence-corrected chi connectivity index (χ1v) is 6.05. The zero-order valence-electron chi connectivity index (χ0n) is 10.3. The number of aromatic carboxylic acids is 1. The Labute approximate surface area is 115 Å². The third-order valence-corrected chi connectivity index (χ3v) is 3.00. The Hall–Kier alpha value is -2.08. The van der Waals surface area contributed by atoms with Gasteiger partial charge in [0.05, 0.1) is 16.3 Å². The van der Waals surface area contributed by atoms with E-state index in [1.54, 1.807) is 12.4 Å². The number of aromatic nitrogens is 3. The Morgan fingerprint density at radius 3 is 2.89 bits per heavy atom. The van der Waals surface area contributed by atoms with Crippen LogP contribution < -0.4 is 5.32 Å². The highest BCUT2D eigenvalue weighted by molar-refractivity contribution is 6.33. The number of carbonyl (C=O) groups is 1. The molecular formula is C12H13ClN4O2. The summed E-state index contributed by atoms with van der Waals surface area (Å²) < 4.78 is 1.84. The number of hydrogen-bond acceptors (Lipinski definition) is 4. The largest absolute Gasteiger partial charge is 0.478 e. The van der Waals surface area contributed by atoms with Crippen molar-refractivity contribution in [2.75, 3.05) is 11.9 Å². The Morgan fingerprint density at radius 2 is 2.32 bits per heavy atom. The fraction of sp³-hybridized carbons (Fsp3) is 0.250. The van der Waals surface area contributed by atoms with Gasteiger partial charge in [-0.3, -0.25) is 0 Å². The highest BCUT2D eigenvalue weighted by Crippen LogP contribution is 2.22. The van der Waals surface area contributed by atoms with Crippen LogP contribution in [0.1, 0.15) is 16.2 Å². The van der Waals surface area contributed by atoms with E-state index in [2.05, 4.69) is 15.5 Å². The first-order valence-electron chi connectivity index (χ1n) is 5.67. The second-order valence-electron chi connectivity index (χ2n) is 4.03. The Balaban J connectivity index is 1.96. The van der Waals surface area contributed by atoms with Crippen LogP contribution in [0.25, 0.3) is 0 Å². The van der Waals surface area contributed by atoms with Gasteiger partial charge in [0.1, 0.15) is 12.2 Å². The van der Waals surface area contributed by atoms with Crippen molar-refractivity contribution in [3.05, 3.63) is 40.9 Å². The van der Waals surface area contributed by atoms with Gasteiger partial charge in [0.2, 0.25) is 0 Å². The Bertz CT molecular complexity index is 597. The molecule has 0 unspecified atom stereocenters. The van der Waals surface area contributed by atoms with E-state index in [1.165, 1.54) is 12.1 Å². The van der Waals surface area contributed by atoms with Crippen molar-refractivity contribution in [3.63, 3.8) is 0 Å². The lowest BCUT2D eigenvalue weighted by molar-refractivity contribution is 0.0697. The van der Waals surface area contributed by atoms with Crippen LogP contribution in [0.5, 0.6) is 0 Å². The molecule has 2 N–H and O–H groups in total. The molecule has 6 nitrogen and oxygen atoms in total. The zero-order valence-corrected chi connectivity index (χ0v) is 11.1. The van der Waals surface area contributed by atoms with Crippen LogP contribution in [-0.4, -0.2) is 32.4 Å². The van der Waals surface area contributed by atoms with Crippen LogP contribution in [0.4, 0.5) is 5.69 Å². The summed E-state index contributed by atoms with van der Waals surface area (Å²) in [6, 6.07) is 4.59. The van der Waals surface area contributed by atoms with Crippen molar-refractivity contribution in [1.82, 2.24) is 14.8 Å². The van der Waals surface area contributed by atoms with Gasteiger partial charge >= 0.3 is 5.97 Å².